The van der Waals surface area contributed by atoms with Crippen LogP contribution < -0.4 is 10.9 Å². The van der Waals surface area contributed by atoms with Crippen LogP contribution in [0, 0.1) is 19.7 Å². The van der Waals surface area contributed by atoms with E-state index in [2.05, 4.69) is 15.5 Å². The van der Waals surface area contributed by atoms with Crippen molar-refractivity contribution in [2.24, 2.45) is 7.05 Å². The second kappa shape index (κ2) is 6.91. The van der Waals surface area contributed by atoms with Gasteiger partial charge in [0.15, 0.2) is 0 Å². The van der Waals surface area contributed by atoms with E-state index in [1.807, 2.05) is 20.9 Å². The molecule has 0 spiro atoms. The van der Waals surface area contributed by atoms with Gasteiger partial charge >= 0.3 is 0 Å². The van der Waals surface area contributed by atoms with E-state index in [0.29, 0.717) is 11.4 Å². The van der Waals surface area contributed by atoms with Gasteiger partial charge in [0.2, 0.25) is 5.91 Å². The number of amides is 1. The van der Waals surface area contributed by atoms with Crippen LogP contribution in [0.25, 0.3) is 11.3 Å². The summed E-state index contributed by atoms with van der Waals surface area (Å²) in [6.07, 6.45) is 0. The quantitative estimate of drug-likeness (QED) is 0.776. The van der Waals surface area contributed by atoms with Crippen LogP contribution in [0.4, 0.5) is 10.1 Å². The minimum Gasteiger partial charge on any atom is -0.324 e. The first kappa shape index (κ1) is 17.5. The molecule has 1 aromatic carbocycles. The maximum absolute atomic E-state index is 12.9. The van der Waals surface area contributed by atoms with Gasteiger partial charge in [-0.3, -0.25) is 14.3 Å². The zero-order valence-electron chi connectivity index (χ0n) is 14.7. The first-order valence-corrected chi connectivity index (χ1v) is 7.99. The second-order valence-electron chi connectivity index (χ2n) is 5.94. The zero-order chi connectivity index (χ0) is 18.8. The summed E-state index contributed by atoms with van der Waals surface area (Å²) < 4.78 is 15.8. The van der Waals surface area contributed by atoms with Crippen molar-refractivity contribution in [2.45, 2.75) is 20.4 Å². The van der Waals surface area contributed by atoms with Gasteiger partial charge in [-0.2, -0.15) is 10.2 Å². The third-order valence-corrected chi connectivity index (χ3v) is 4.05. The molecule has 0 unspecified atom stereocenters. The number of carbonyl (C=O) groups is 1. The van der Waals surface area contributed by atoms with Crippen molar-refractivity contribution in [3.63, 3.8) is 0 Å². The number of hydrogen-bond acceptors (Lipinski definition) is 4. The van der Waals surface area contributed by atoms with E-state index in [4.69, 9.17) is 0 Å². The van der Waals surface area contributed by atoms with Crippen molar-refractivity contribution in [3.8, 4) is 11.3 Å². The van der Waals surface area contributed by atoms with Crippen LogP contribution >= 0.6 is 0 Å². The fourth-order valence-electron chi connectivity index (χ4n) is 2.71. The fraction of sp³-hybridized carbons (Fsp3) is 0.222. The molecule has 0 saturated heterocycles. The van der Waals surface area contributed by atoms with Crippen molar-refractivity contribution in [1.82, 2.24) is 19.6 Å². The summed E-state index contributed by atoms with van der Waals surface area (Å²) in [7, 11) is 1.83. The Morgan fingerprint density at radius 3 is 2.42 bits per heavy atom. The Hall–Kier alpha value is -3.29. The van der Waals surface area contributed by atoms with Crippen molar-refractivity contribution >= 4 is 11.6 Å². The summed E-state index contributed by atoms with van der Waals surface area (Å²) in [6.45, 7) is 3.52. The summed E-state index contributed by atoms with van der Waals surface area (Å²) in [5.41, 5.74) is 3.17. The van der Waals surface area contributed by atoms with Gasteiger partial charge in [0.05, 0.1) is 11.4 Å². The van der Waals surface area contributed by atoms with Gasteiger partial charge in [-0.25, -0.2) is 9.07 Å². The van der Waals surface area contributed by atoms with Crippen LogP contribution in [0.1, 0.15) is 11.4 Å². The predicted molar refractivity (Wildman–Crippen MR) is 95.2 cm³/mol. The number of halogens is 1. The molecule has 7 nitrogen and oxygen atoms in total. The highest BCUT2D eigenvalue weighted by Crippen LogP contribution is 2.23. The normalized spacial score (nSPS) is 10.8. The van der Waals surface area contributed by atoms with E-state index in [-0.39, 0.29) is 12.1 Å². The number of nitrogens with zero attached hydrogens (tertiary/aromatic N) is 4. The van der Waals surface area contributed by atoms with Crippen LogP contribution in [0.5, 0.6) is 0 Å². The van der Waals surface area contributed by atoms with Crippen LogP contribution in [0.2, 0.25) is 0 Å². The van der Waals surface area contributed by atoms with E-state index in [1.54, 1.807) is 10.7 Å². The van der Waals surface area contributed by atoms with Gasteiger partial charge in [-0.15, -0.1) is 0 Å². The Bertz CT molecular complexity index is 1020. The molecule has 0 saturated carbocycles. The van der Waals surface area contributed by atoms with E-state index >= 15 is 0 Å². The summed E-state index contributed by atoms with van der Waals surface area (Å²) in [6, 6.07) is 8.38. The first-order valence-electron chi connectivity index (χ1n) is 7.99. The number of benzene rings is 1. The summed E-state index contributed by atoms with van der Waals surface area (Å²) in [5, 5.41) is 11.3. The lowest BCUT2D eigenvalue weighted by Crippen LogP contribution is -2.29. The Morgan fingerprint density at radius 2 is 1.81 bits per heavy atom. The third kappa shape index (κ3) is 3.53. The highest BCUT2D eigenvalue weighted by Gasteiger charge is 2.15. The second-order valence-corrected chi connectivity index (χ2v) is 5.94. The molecule has 2 heterocycles. The molecule has 2 aromatic heterocycles. The fourth-order valence-corrected chi connectivity index (χ4v) is 2.71. The number of rotatable bonds is 4. The molecule has 26 heavy (non-hydrogen) atoms. The average molecular weight is 355 g/mol. The number of carbonyl (C=O) groups excluding carboxylic acids is 1. The van der Waals surface area contributed by atoms with E-state index in [1.165, 1.54) is 30.3 Å². The molecular formula is C18H18FN5O2. The van der Waals surface area contributed by atoms with Crippen LogP contribution in [-0.2, 0) is 18.4 Å². The SMILES string of the molecule is Cc1nn(C)c(C)c1-c1ccc(=O)n(CC(=O)Nc2ccc(F)cc2)n1. The smallest absolute Gasteiger partial charge is 0.267 e. The Kier molecular flexibility index (Phi) is 4.66. The van der Waals surface area contributed by atoms with Crippen LogP contribution in [-0.4, -0.2) is 25.5 Å². The number of aromatic nitrogens is 4. The Balaban J connectivity index is 1.85. The molecule has 0 fully saturated rings. The largest absolute Gasteiger partial charge is 0.324 e. The number of nitrogens with one attached hydrogen (secondary N) is 1. The van der Waals surface area contributed by atoms with E-state index < -0.39 is 11.7 Å². The summed E-state index contributed by atoms with van der Waals surface area (Å²) in [4.78, 5) is 24.2. The van der Waals surface area contributed by atoms with Gasteiger partial charge in [-0.05, 0) is 44.2 Å². The first-order chi connectivity index (χ1) is 12.3. The molecule has 0 atom stereocenters. The van der Waals surface area contributed by atoms with Gasteiger partial charge in [0.1, 0.15) is 12.4 Å². The lowest BCUT2D eigenvalue weighted by atomic mass is 10.1. The van der Waals surface area contributed by atoms with Crippen molar-refractivity contribution in [2.75, 3.05) is 5.32 Å². The maximum atomic E-state index is 12.9. The molecule has 0 radical (unpaired) electrons. The van der Waals surface area contributed by atoms with E-state index in [9.17, 15) is 14.0 Å². The third-order valence-electron chi connectivity index (χ3n) is 4.05. The lowest BCUT2D eigenvalue weighted by Gasteiger charge is -2.08. The molecule has 0 aliphatic heterocycles. The molecule has 0 bridgehead atoms. The molecule has 134 valence electrons. The van der Waals surface area contributed by atoms with Gasteiger partial charge < -0.3 is 5.32 Å². The van der Waals surface area contributed by atoms with Crippen molar-refractivity contribution < 1.29 is 9.18 Å². The maximum Gasteiger partial charge on any atom is 0.267 e. The Labute approximate surface area is 149 Å². The van der Waals surface area contributed by atoms with Crippen molar-refractivity contribution in [1.29, 1.82) is 0 Å². The van der Waals surface area contributed by atoms with Gasteiger partial charge in [-0.1, -0.05) is 0 Å². The highest BCUT2D eigenvalue weighted by molar-refractivity contribution is 5.90. The molecular weight excluding hydrogens is 337 g/mol. The van der Waals surface area contributed by atoms with Gasteiger partial charge in [0.25, 0.3) is 5.56 Å². The van der Waals surface area contributed by atoms with E-state index in [0.717, 1.165) is 21.6 Å². The lowest BCUT2D eigenvalue weighted by molar-refractivity contribution is -0.117. The number of hydrogen-bond donors (Lipinski definition) is 1. The molecule has 0 aliphatic rings. The molecule has 3 aromatic rings. The predicted octanol–water partition coefficient (Wildman–Crippen LogP) is 2.04. The Morgan fingerprint density at radius 1 is 1.12 bits per heavy atom. The summed E-state index contributed by atoms with van der Waals surface area (Å²) >= 11 is 0. The molecule has 1 N–H and O–H groups in total. The molecule has 1 amide bonds. The number of aryl methyl sites for hydroxylation is 2. The van der Waals surface area contributed by atoms with Crippen LogP contribution in [0.15, 0.2) is 41.2 Å². The van der Waals surface area contributed by atoms with Crippen LogP contribution in [0.3, 0.4) is 0 Å². The minimum atomic E-state index is -0.428. The highest BCUT2D eigenvalue weighted by atomic mass is 19.1. The number of anilines is 1. The minimum absolute atomic E-state index is 0.248. The zero-order valence-corrected chi connectivity index (χ0v) is 14.7. The van der Waals surface area contributed by atoms with Crippen molar-refractivity contribution in [3.05, 3.63) is 64.0 Å². The topological polar surface area (TPSA) is 81.8 Å². The molecule has 0 aliphatic carbocycles. The average Bonchev–Trinajstić information content (AvgIpc) is 2.84. The molecule has 3 rings (SSSR count). The molecule has 8 heteroatoms. The monoisotopic (exact) mass is 355 g/mol. The summed E-state index contributed by atoms with van der Waals surface area (Å²) in [5.74, 6) is -0.821. The van der Waals surface area contributed by atoms with Gasteiger partial charge in [0, 0.05) is 30.1 Å². The standard InChI is InChI=1S/C18H18FN5O2/c1-11-18(12(2)23(3)21-11)15-8-9-17(26)24(22-15)10-16(25)20-14-6-4-13(19)5-7-14/h4-9H,10H2,1-3H3,(H,20,25).